The van der Waals surface area contributed by atoms with E-state index in [1.54, 1.807) is 0 Å². The van der Waals surface area contributed by atoms with Gasteiger partial charge in [0.15, 0.2) is 16.8 Å². The molecule has 0 spiro atoms. The number of nitrogens with one attached hydrogen (secondary N) is 1. The number of hydrogen-bond acceptors (Lipinski definition) is 13. The van der Waals surface area contributed by atoms with Crippen LogP contribution in [-0.2, 0) is 42.6 Å². The van der Waals surface area contributed by atoms with Gasteiger partial charge in [0.25, 0.3) is 11.8 Å². The van der Waals surface area contributed by atoms with Gasteiger partial charge in [-0.25, -0.2) is 23.8 Å². The number of aliphatic imine (C=N–C) groups is 1. The first-order valence-corrected chi connectivity index (χ1v) is 12.6. The number of guanidine groups is 1. The zero-order valence-electron chi connectivity index (χ0n) is 19.7. The lowest BCUT2D eigenvalue weighted by molar-refractivity contribution is -0.161. The van der Waals surface area contributed by atoms with Crippen molar-refractivity contribution in [3.63, 3.8) is 0 Å². The number of aromatic nitrogens is 4. The van der Waals surface area contributed by atoms with Crippen LogP contribution in [0.5, 0.6) is 0 Å². The summed E-state index contributed by atoms with van der Waals surface area (Å²) in [6.07, 6.45) is 1.36. The number of nitrogens with two attached hydrogens (primary N) is 3. The van der Waals surface area contributed by atoms with E-state index < -0.39 is 51.5 Å². The van der Waals surface area contributed by atoms with E-state index in [1.807, 2.05) is 0 Å². The van der Waals surface area contributed by atoms with E-state index in [9.17, 15) is 32.5 Å². The molecular formula is C17H23N11O8S2. The standard InChI is InChI=1S/C17H23N11O8S2/c1-17(2,14(31)32)36-25-10(8-6-37-16(20)22-8)12(29)23-11-9(28(13(11)30)38(33,34)35)5-27-4-7(24-26-27)3-21-15(18)19/h4,6,9,11H,3,5H2,1-2H3,(H2,20,22)(H,23,29)(H,31,32)(H4,18,19,21)(H,33,34,35)/b25-10+/t9-,11+/m1/s1. The van der Waals surface area contributed by atoms with Gasteiger partial charge in [-0.2, -0.15) is 8.42 Å². The van der Waals surface area contributed by atoms with Crippen LogP contribution in [0.25, 0.3) is 0 Å². The third-order valence-corrected chi connectivity index (χ3v) is 6.57. The first-order valence-electron chi connectivity index (χ1n) is 10.4. The first kappa shape index (κ1) is 28.2. The summed E-state index contributed by atoms with van der Waals surface area (Å²) in [6, 6.07) is -2.82. The minimum Gasteiger partial charge on any atom is -0.478 e. The van der Waals surface area contributed by atoms with Crippen molar-refractivity contribution >= 4 is 56.2 Å². The summed E-state index contributed by atoms with van der Waals surface area (Å²) in [5.41, 5.74) is 14.0. The van der Waals surface area contributed by atoms with Crippen LogP contribution in [0.1, 0.15) is 25.2 Å². The van der Waals surface area contributed by atoms with Crippen LogP contribution >= 0.6 is 11.3 Å². The molecule has 38 heavy (non-hydrogen) atoms. The summed E-state index contributed by atoms with van der Waals surface area (Å²) in [7, 11) is -5.01. The Bertz CT molecular complexity index is 1410. The van der Waals surface area contributed by atoms with Crippen LogP contribution in [0.15, 0.2) is 21.7 Å². The molecule has 0 bridgehead atoms. The van der Waals surface area contributed by atoms with E-state index in [2.05, 4.69) is 30.8 Å². The Labute approximate surface area is 218 Å². The van der Waals surface area contributed by atoms with Crippen LogP contribution in [-0.4, -0.2) is 89.5 Å². The molecule has 19 nitrogen and oxygen atoms in total. The number of carbonyl (C=O) groups is 3. The minimum absolute atomic E-state index is 0.0304. The van der Waals surface area contributed by atoms with Crippen molar-refractivity contribution in [3.05, 3.63) is 23.0 Å². The predicted octanol–water partition coefficient (Wildman–Crippen LogP) is -3.13. The van der Waals surface area contributed by atoms with Gasteiger partial charge in [0.2, 0.25) is 5.60 Å². The van der Waals surface area contributed by atoms with E-state index >= 15 is 0 Å². The molecule has 0 unspecified atom stereocenters. The minimum atomic E-state index is -5.01. The zero-order chi connectivity index (χ0) is 28.4. The third-order valence-electron chi connectivity index (χ3n) is 4.95. The molecule has 1 aliphatic rings. The summed E-state index contributed by atoms with van der Waals surface area (Å²) in [6.45, 7) is 2.00. The number of oxime groups is 1. The number of carbonyl (C=O) groups excluding carboxylic acids is 2. The second kappa shape index (κ2) is 10.5. The van der Waals surface area contributed by atoms with Crippen LogP contribution in [0.3, 0.4) is 0 Å². The highest BCUT2D eigenvalue weighted by Crippen LogP contribution is 2.25. The van der Waals surface area contributed by atoms with Gasteiger partial charge in [-0.3, -0.25) is 14.1 Å². The lowest BCUT2D eigenvalue weighted by atomic mass is 9.98. The molecule has 206 valence electrons. The molecule has 0 aromatic carbocycles. The van der Waals surface area contributed by atoms with Gasteiger partial charge in [0.05, 0.1) is 25.3 Å². The SMILES string of the molecule is CC(C)(O/N=C(/C(=O)N[C@@H]1C(=O)N(S(=O)(=O)O)[C@@H]1Cn1cc(CN=C(N)N)nn1)c1csc(N)n1)C(=O)O. The molecular weight excluding hydrogens is 550 g/mol. The Morgan fingerprint density at radius 2 is 2.03 bits per heavy atom. The van der Waals surface area contributed by atoms with Crippen LogP contribution in [0.4, 0.5) is 5.13 Å². The van der Waals surface area contributed by atoms with Gasteiger partial charge in [0.1, 0.15) is 17.4 Å². The summed E-state index contributed by atoms with van der Waals surface area (Å²) < 4.78 is 34.5. The van der Waals surface area contributed by atoms with Crippen molar-refractivity contribution in [2.45, 2.75) is 44.6 Å². The van der Waals surface area contributed by atoms with E-state index in [0.29, 0.717) is 5.69 Å². The first-order chi connectivity index (χ1) is 17.6. The van der Waals surface area contributed by atoms with Crippen molar-refractivity contribution in [1.82, 2.24) is 29.6 Å². The number of nitrogens with zero attached hydrogens (tertiary/aromatic N) is 7. The van der Waals surface area contributed by atoms with Crippen molar-refractivity contribution in [2.24, 2.45) is 21.6 Å². The van der Waals surface area contributed by atoms with Crippen LogP contribution in [0, 0.1) is 0 Å². The molecule has 0 saturated carbocycles. The maximum Gasteiger partial charge on any atom is 0.362 e. The second-order valence-corrected chi connectivity index (χ2v) is 10.4. The Morgan fingerprint density at radius 1 is 1.34 bits per heavy atom. The topological polar surface area (TPSA) is 297 Å². The maximum atomic E-state index is 13.1. The highest BCUT2D eigenvalue weighted by Gasteiger charge is 2.54. The fraction of sp³-hybridized carbons (Fsp3) is 0.412. The van der Waals surface area contributed by atoms with Crippen LogP contribution < -0.4 is 22.5 Å². The quantitative estimate of drug-likeness (QED) is 0.0509. The Kier molecular flexibility index (Phi) is 7.83. The van der Waals surface area contributed by atoms with Gasteiger partial charge >= 0.3 is 16.3 Å². The molecule has 0 aliphatic carbocycles. The van der Waals surface area contributed by atoms with Gasteiger partial charge in [0, 0.05) is 5.38 Å². The number of carboxylic acid groups (broad SMARTS) is 1. The highest BCUT2D eigenvalue weighted by atomic mass is 32.2. The van der Waals surface area contributed by atoms with Gasteiger partial charge in [-0.1, -0.05) is 10.4 Å². The van der Waals surface area contributed by atoms with Crippen molar-refractivity contribution in [1.29, 1.82) is 0 Å². The number of aliphatic carboxylic acids is 1. The van der Waals surface area contributed by atoms with Gasteiger partial charge < -0.3 is 32.5 Å². The van der Waals surface area contributed by atoms with Gasteiger partial charge in [-0.15, -0.1) is 16.4 Å². The molecule has 1 aliphatic heterocycles. The largest absolute Gasteiger partial charge is 0.478 e. The predicted molar refractivity (Wildman–Crippen MR) is 130 cm³/mol. The van der Waals surface area contributed by atoms with Gasteiger partial charge in [-0.05, 0) is 13.8 Å². The molecule has 3 rings (SSSR count). The fourth-order valence-corrected chi connectivity index (χ4v) is 4.43. The smallest absolute Gasteiger partial charge is 0.362 e. The van der Waals surface area contributed by atoms with E-state index in [0.717, 1.165) is 16.0 Å². The molecule has 21 heteroatoms. The summed E-state index contributed by atoms with van der Waals surface area (Å²) in [5.74, 6) is -3.80. The summed E-state index contributed by atoms with van der Waals surface area (Å²) >= 11 is 0.946. The number of anilines is 1. The summed E-state index contributed by atoms with van der Waals surface area (Å²) in [4.78, 5) is 49.7. The lowest BCUT2D eigenvalue weighted by Crippen LogP contribution is -2.73. The number of nitrogen functional groups attached to an aromatic ring is 1. The molecule has 2 amide bonds. The van der Waals surface area contributed by atoms with Crippen molar-refractivity contribution < 1.29 is 37.3 Å². The number of thiazole rings is 1. The molecule has 2 atom stereocenters. The fourth-order valence-electron chi connectivity index (χ4n) is 3.01. The maximum absolute atomic E-state index is 13.1. The van der Waals surface area contributed by atoms with Crippen molar-refractivity contribution in [2.75, 3.05) is 5.73 Å². The van der Waals surface area contributed by atoms with Crippen LogP contribution in [0.2, 0.25) is 0 Å². The summed E-state index contributed by atoms with van der Waals surface area (Å²) in [5, 5.41) is 24.2. The van der Waals surface area contributed by atoms with E-state index in [1.165, 1.54) is 25.4 Å². The molecule has 0 radical (unpaired) electrons. The number of rotatable bonds is 11. The molecule has 3 heterocycles. The molecule has 1 saturated heterocycles. The lowest BCUT2D eigenvalue weighted by Gasteiger charge is -2.43. The number of carboxylic acids is 1. The number of β-lactam (4-membered cyclic amide) rings is 1. The Balaban J connectivity index is 1.87. The average molecular weight is 574 g/mol. The molecule has 2 aromatic heterocycles. The number of amides is 2. The molecule has 2 aromatic rings. The normalized spacial score (nSPS) is 18.0. The number of hydrogen-bond donors (Lipinski definition) is 6. The van der Waals surface area contributed by atoms with E-state index in [4.69, 9.17) is 22.0 Å². The molecule has 1 fully saturated rings. The van der Waals surface area contributed by atoms with E-state index in [-0.39, 0.29) is 34.2 Å². The average Bonchev–Trinajstić information content (AvgIpc) is 3.43. The second-order valence-electron chi connectivity index (χ2n) is 8.22. The van der Waals surface area contributed by atoms with Crippen molar-refractivity contribution in [3.8, 4) is 0 Å². The monoisotopic (exact) mass is 573 g/mol. The third kappa shape index (κ3) is 6.30. The zero-order valence-corrected chi connectivity index (χ0v) is 21.4. The Morgan fingerprint density at radius 3 is 2.58 bits per heavy atom. The Hall–Kier alpha value is -4.37. The highest BCUT2D eigenvalue weighted by molar-refractivity contribution is 7.84. The molecule has 9 N–H and O–H groups in total.